The summed E-state index contributed by atoms with van der Waals surface area (Å²) >= 11 is 1.02. The van der Waals surface area contributed by atoms with Gasteiger partial charge in [-0.15, -0.1) is 11.3 Å². The molecule has 0 aliphatic carbocycles. The van der Waals surface area contributed by atoms with Crippen molar-refractivity contribution in [3.63, 3.8) is 0 Å². The Morgan fingerprint density at radius 2 is 1.59 bits per heavy atom. The van der Waals surface area contributed by atoms with Gasteiger partial charge in [0.1, 0.15) is 10.3 Å². The summed E-state index contributed by atoms with van der Waals surface area (Å²) in [5.41, 5.74) is 4.01. The molecule has 0 bridgehead atoms. The van der Waals surface area contributed by atoms with Crippen molar-refractivity contribution < 1.29 is 23.1 Å². The first kappa shape index (κ1) is 26.1. The van der Waals surface area contributed by atoms with E-state index in [9.17, 15) is 23.1 Å². The Hall–Kier alpha value is -3.99. The molecule has 8 nitrogen and oxygen atoms in total. The van der Waals surface area contributed by atoms with Crippen LogP contribution in [0.2, 0.25) is 0 Å². The summed E-state index contributed by atoms with van der Waals surface area (Å²) in [7, 11) is -3.92. The lowest BCUT2D eigenvalue weighted by Crippen LogP contribution is -2.42. The number of thiophene rings is 1. The van der Waals surface area contributed by atoms with Gasteiger partial charge in [-0.05, 0) is 52.3 Å². The van der Waals surface area contributed by atoms with E-state index in [0.29, 0.717) is 17.8 Å². The third-order valence-electron chi connectivity index (χ3n) is 5.50. The molecule has 2 amide bonds. The maximum Gasteiger partial charge on any atom is 0.322 e. The summed E-state index contributed by atoms with van der Waals surface area (Å²) in [5, 5.41) is 16.8. The molecule has 0 unspecified atom stereocenters. The summed E-state index contributed by atoms with van der Waals surface area (Å²) in [6.45, 7) is 0.411. The maximum absolute atomic E-state index is 12.5. The Morgan fingerprint density at radius 1 is 0.838 bits per heavy atom. The molecule has 0 aliphatic heterocycles. The lowest BCUT2D eigenvalue weighted by molar-refractivity contribution is -0.138. The highest BCUT2D eigenvalue weighted by atomic mass is 32.2. The van der Waals surface area contributed by atoms with Gasteiger partial charge >= 0.3 is 12.0 Å². The summed E-state index contributed by atoms with van der Waals surface area (Å²) in [4.78, 5) is 24.0. The number of benzene rings is 3. The van der Waals surface area contributed by atoms with E-state index in [1.165, 1.54) is 6.07 Å². The van der Waals surface area contributed by atoms with Gasteiger partial charge in [-0.1, -0.05) is 72.8 Å². The first-order valence-corrected chi connectivity index (χ1v) is 13.7. The minimum Gasteiger partial charge on any atom is -0.480 e. The number of carbonyl (C=O) groups is 2. The second kappa shape index (κ2) is 11.8. The third-order valence-corrected chi connectivity index (χ3v) is 8.37. The zero-order valence-electron chi connectivity index (χ0n) is 19.6. The van der Waals surface area contributed by atoms with Crippen LogP contribution in [0.3, 0.4) is 0 Å². The molecule has 0 aliphatic rings. The van der Waals surface area contributed by atoms with Crippen LogP contribution in [0.15, 0.2) is 101 Å². The fraction of sp³-hybridized carbons (Fsp3) is 0.111. The number of anilines is 1. The molecular formula is C27H25N3O5S2. The standard InChI is InChI=1S/C27H25N3O5S2/c31-26(32)24(30-37(34,35)25-10-5-15-36-25)16-19-11-13-21(14-12-19)22-8-4-9-23(17-22)29-27(33)28-18-20-6-2-1-3-7-20/h1-15,17,24,30H,16,18H2,(H,31,32)(H2,28,29,33)/t24-/m0/s1. The van der Waals surface area contributed by atoms with Gasteiger partial charge in [0.15, 0.2) is 0 Å². The van der Waals surface area contributed by atoms with Crippen molar-refractivity contribution in [1.29, 1.82) is 0 Å². The largest absolute Gasteiger partial charge is 0.480 e. The summed E-state index contributed by atoms with van der Waals surface area (Å²) in [5.74, 6) is -1.26. The minimum absolute atomic E-state index is 0.0105. The third kappa shape index (κ3) is 7.26. The highest BCUT2D eigenvalue weighted by Crippen LogP contribution is 2.24. The van der Waals surface area contributed by atoms with Crippen LogP contribution in [0.5, 0.6) is 0 Å². The van der Waals surface area contributed by atoms with E-state index in [1.54, 1.807) is 29.6 Å². The van der Waals surface area contributed by atoms with Crippen molar-refractivity contribution in [1.82, 2.24) is 10.0 Å². The molecule has 3 aromatic carbocycles. The number of nitrogens with one attached hydrogen (secondary N) is 3. The second-order valence-corrected chi connectivity index (χ2v) is 11.1. The highest BCUT2D eigenvalue weighted by Gasteiger charge is 2.26. The predicted molar refractivity (Wildman–Crippen MR) is 144 cm³/mol. The fourth-order valence-electron chi connectivity index (χ4n) is 3.64. The van der Waals surface area contributed by atoms with Gasteiger partial charge in [0.05, 0.1) is 0 Å². The van der Waals surface area contributed by atoms with Gasteiger partial charge in [0.25, 0.3) is 10.0 Å². The number of hydrogen-bond acceptors (Lipinski definition) is 5. The molecular weight excluding hydrogens is 510 g/mol. The molecule has 1 heterocycles. The van der Waals surface area contributed by atoms with Gasteiger partial charge in [0, 0.05) is 12.2 Å². The highest BCUT2D eigenvalue weighted by molar-refractivity contribution is 7.91. The Labute approximate surface area is 219 Å². The van der Waals surface area contributed by atoms with Crippen molar-refractivity contribution in [3.8, 4) is 11.1 Å². The summed E-state index contributed by atoms with van der Waals surface area (Å²) in [6.07, 6.45) is -0.0105. The first-order chi connectivity index (χ1) is 17.8. The lowest BCUT2D eigenvalue weighted by Gasteiger charge is -2.14. The van der Waals surface area contributed by atoms with E-state index in [0.717, 1.165) is 28.0 Å². The van der Waals surface area contributed by atoms with Crippen LogP contribution in [0, 0.1) is 0 Å². The molecule has 1 aromatic heterocycles. The number of carboxylic acids is 1. The number of urea groups is 1. The minimum atomic E-state index is -3.92. The van der Waals surface area contributed by atoms with E-state index >= 15 is 0 Å². The van der Waals surface area contributed by atoms with Gasteiger partial charge in [-0.3, -0.25) is 4.79 Å². The number of amides is 2. The SMILES string of the molecule is O=C(NCc1ccccc1)Nc1cccc(-c2ccc(C[C@H](NS(=O)(=O)c3cccs3)C(=O)O)cc2)c1. The average Bonchev–Trinajstić information content (AvgIpc) is 3.45. The molecule has 0 radical (unpaired) electrons. The topological polar surface area (TPSA) is 125 Å². The van der Waals surface area contributed by atoms with E-state index in [1.807, 2.05) is 60.7 Å². The molecule has 0 fully saturated rings. The van der Waals surface area contributed by atoms with Crippen molar-refractivity contribution in [3.05, 3.63) is 108 Å². The Bertz CT molecular complexity index is 1460. The Kier molecular flexibility index (Phi) is 8.34. The predicted octanol–water partition coefficient (Wildman–Crippen LogP) is 4.71. The van der Waals surface area contributed by atoms with Crippen LogP contribution in [-0.2, 0) is 27.8 Å². The number of rotatable bonds is 10. The number of carboxylic acid groups (broad SMARTS) is 1. The molecule has 10 heteroatoms. The van der Waals surface area contributed by atoms with Gasteiger partial charge in [0.2, 0.25) is 0 Å². The van der Waals surface area contributed by atoms with Crippen molar-refractivity contribution in [2.24, 2.45) is 0 Å². The average molecular weight is 536 g/mol. The molecule has 4 rings (SSSR count). The van der Waals surface area contributed by atoms with Crippen molar-refractivity contribution in [2.75, 3.05) is 5.32 Å². The molecule has 0 saturated heterocycles. The summed E-state index contributed by atoms with van der Waals surface area (Å²) < 4.78 is 27.3. The number of hydrogen-bond donors (Lipinski definition) is 4. The van der Waals surface area contributed by atoms with E-state index in [2.05, 4.69) is 15.4 Å². The van der Waals surface area contributed by atoms with Crippen LogP contribution in [0.4, 0.5) is 10.5 Å². The van der Waals surface area contributed by atoms with Crippen LogP contribution in [0.25, 0.3) is 11.1 Å². The smallest absolute Gasteiger partial charge is 0.322 e. The van der Waals surface area contributed by atoms with Crippen LogP contribution in [0.1, 0.15) is 11.1 Å². The summed E-state index contributed by atoms with van der Waals surface area (Å²) in [6, 6.07) is 25.5. The molecule has 0 spiro atoms. The molecule has 190 valence electrons. The van der Waals surface area contributed by atoms with Crippen molar-refractivity contribution >= 4 is 39.0 Å². The Balaban J connectivity index is 1.39. The van der Waals surface area contributed by atoms with Crippen LogP contribution < -0.4 is 15.4 Å². The number of aliphatic carboxylic acids is 1. The normalized spacial score (nSPS) is 12.0. The monoisotopic (exact) mass is 535 g/mol. The molecule has 4 N–H and O–H groups in total. The number of sulfonamides is 1. The van der Waals surface area contributed by atoms with Gasteiger partial charge in [-0.2, -0.15) is 4.72 Å². The van der Waals surface area contributed by atoms with Gasteiger partial charge in [-0.25, -0.2) is 13.2 Å². The zero-order chi connectivity index (χ0) is 26.3. The van der Waals surface area contributed by atoms with Crippen LogP contribution >= 0.6 is 11.3 Å². The quantitative estimate of drug-likeness (QED) is 0.234. The van der Waals surface area contributed by atoms with Gasteiger partial charge < -0.3 is 15.7 Å². The number of carbonyl (C=O) groups excluding carboxylic acids is 1. The fourth-order valence-corrected chi connectivity index (χ4v) is 5.84. The van der Waals surface area contributed by atoms with Crippen LogP contribution in [-0.4, -0.2) is 31.6 Å². The van der Waals surface area contributed by atoms with E-state index in [-0.39, 0.29) is 16.7 Å². The van der Waals surface area contributed by atoms with Crippen molar-refractivity contribution in [2.45, 2.75) is 23.2 Å². The van der Waals surface area contributed by atoms with E-state index < -0.39 is 22.0 Å². The van der Waals surface area contributed by atoms with E-state index in [4.69, 9.17) is 0 Å². The second-order valence-electron chi connectivity index (χ2n) is 8.22. The zero-order valence-corrected chi connectivity index (χ0v) is 21.3. The molecule has 37 heavy (non-hydrogen) atoms. The lowest BCUT2D eigenvalue weighted by atomic mass is 10.0. The molecule has 0 saturated carbocycles. The first-order valence-electron chi connectivity index (χ1n) is 11.4. The maximum atomic E-state index is 12.5. The molecule has 1 atom stereocenters. The Morgan fingerprint density at radius 3 is 2.27 bits per heavy atom. The molecule has 4 aromatic rings.